The van der Waals surface area contributed by atoms with Crippen LogP contribution in [0.5, 0.6) is 11.5 Å². The highest BCUT2D eigenvalue weighted by Crippen LogP contribution is 2.51. The molecule has 5 nitrogen and oxygen atoms in total. The Morgan fingerprint density at radius 1 is 1.03 bits per heavy atom. The molecule has 3 unspecified atom stereocenters. The highest BCUT2D eigenvalue weighted by Gasteiger charge is 2.40. The number of methoxy groups -OCH3 is 1. The lowest BCUT2D eigenvalue weighted by molar-refractivity contribution is 0.102. The molecule has 1 aliphatic heterocycles. The van der Waals surface area contributed by atoms with Gasteiger partial charge in [-0.3, -0.25) is 4.79 Å². The second kappa shape index (κ2) is 9.02. The van der Waals surface area contributed by atoms with Crippen molar-refractivity contribution in [2.45, 2.75) is 25.3 Å². The summed E-state index contributed by atoms with van der Waals surface area (Å²) in [5.41, 5.74) is 4.55. The number of hydrogen-bond acceptors (Lipinski definition) is 4. The van der Waals surface area contributed by atoms with Crippen LogP contribution in [0.1, 0.15) is 46.8 Å². The van der Waals surface area contributed by atoms with Crippen molar-refractivity contribution in [3.63, 3.8) is 0 Å². The molecule has 0 fully saturated rings. The summed E-state index contributed by atoms with van der Waals surface area (Å²) in [6.07, 6.45) is 5.52. The average Bonchev–Trinajstić information content (AvgIpc) is 3.35. The molecule has 3 aromatic carbocycles. The molecule has 5 rings (SSSR count). The normalized spacial score (nSPS) is 20.4. The predicted octanol–water partition coefficient (Wildman–Crippen LogP) is 6.17. The maximum absolute atomic E-state index is 13.3. The van der Waals surface area contributed by atoms with E-state index in [1.165, 1.54) is 5.56 Å². The molecule has 3 aromatic rings. The molecule has 168 valence electrons. The summed E-state index contributed by atoms with van der Waals surface area (Å²) in [7, 11) is 1.70. The Kier molecular flexibility index (Phi) is 5.78. The zero-order valence-corrected chi connectivity index (χ0v) is 18.9. The number of ether oxygens (including phenoxy) is 2. The maximum Gasteiger partial charge on any atom is 0.257 e. The predicted molar refractivity (Wildman–Crippen MR) is 131 cm³/mol. The van der Waals surface area contributed by atoms with E-state index in [-0.39, 0.29) is 17.9 Å². The molecule has 0 bridgehead atoms. The van der Waals surface area contributed by atoms with Gasteiger partial charge in [-0.2, -0.15) is 0 Å². The summed E-state index contributed by atoms with van der Waals surface area (Å²) >= 11 is 0. The average molecular weight is 441 g/mol. The Bertz CT molecular complexity index is 1190. The Hall–Kier alpha value is -3.73. The Balaban J connectivity index is 1.48. The lowest BCUT2D eigenvalue weighted by Crippen LogP contribution is -2.31. The Labute approximate surface area is 194 Å². The van der Waals surface area contributed by atoms with Crippen LogP contribution in [0.25, 0.3) is 0 Å². The third-order valence-corrected chi connectivity index (χ3v) is 6.54. The number of anilines is 2. The molecule has 1 aliphatic carbocycles. The van der Waals surface area contributed by atoms with Crippen LogP contribution in [0.3, 0.4) is 0 Å². The monoisotopic (exact) mass is 440 g/mol. The summed E-state index contributed by atoms with van der Waals surface area (Å²) in [6.45, 7) is 2.56. The molecule has 2 N–H and O–H groups in total. The second-order valence-electron chi connectivity index (χ2n) is 8.40. The van der Waals surface area contributed by atoms with Crippen molar-refractivity contribution < 1.29 is 14.3 Å². The minimum absolute atomic E-state index is 0.0491. The van der Waals surface area contributed by atoms with Crippen molar-refractivity contribution in [3.8, 4) is 11.5 Å². The van der Waals surface area contributed by atoms with E-state index in [9.17, 15) is 4.79 Å². The number of fused-ring (bicyclic) bond motifs is 3. The molecule has 2 aliphatic rings. The van der Waals surface area contributed by atoms with Gasteiger partial charge in [0.05, 0.1) is 31.0 Å². The maximum atomic E-state index is 13.3. The van der Waals surface area contributed by atoms with Gasteiger partial charge in [0.15, 0.2) is 0 Å². The van der Waals surface area contributed by atoms with E-state index in [4.69, 9.17) is 9.47 Å². The summed E-state index contributed by atoms with van der Waals surface area (Å²) in [5, 5.41) is 6.76. The van der Waals surface area contributed by atoms with Crippen LogP contribution in [0, 0.1) is 5.92 Å². The van der Waals surface area contributed by atoms with Gasteiger partial charge in [-0.05, 0) is 61.2 Å². The molecule has 0 saturated heterocycles. The molecule has 0 radical (unpaired) electrons. The van der Waals surface area contributed by atoms with Crippen molar-refractivity contribution in [3.05, 3.63) is 95.6 Å². The number of amides is 1. The van der Waals surface area contributed by atoms with Gasteiger partial charge in [0.2, 0.25) is 0 Å². The van der Waals surface area contributed by atoms with E-state index in [1.54, 1.807) is 7.11 Å². The highest BCUT2D eigenvalue weighted by molar-refractivity contribution is 6.08. The topological polar surface area (TPSA) is 59.6 Å². The molecule has 0 saturated carbocycles. The van der Waals surface area contributed by atoms with E-state index < -0.39 is 0 Å². The molecule has 33 heavy (non-hydrogen) atoms. The number of rotatable bonds is 6. The number of para-hydroxylation sites is 2. The molecule has 0 aromatic heterocycles. The Morgan fingerprint density at radius 3 is 2.61 bits per heavy atom. The molecule has 5 heteroatoms. The van der Waals surface area contributed by atoms with Gasteiger partial charge in [-0.25, -0.2) is 0 Å². The lowest BCUT2D eigenvalue weighted by atomic mass is 9.76. The largest absolute Gasteiger partial charge is 0.496 e. The fourth-order valence-electron chi connectivity index (χ4n) is 5.04. The number of benzene rings is 3. The molecule has 1 amide bonds. The van der Waals surface area contributed by atoms with E-state index >= 15 is 0 Å². The number of nitrogens with one attached hydrogen (secondary N) is 2. The zero-order valence-electron chi connectivity index (χ0n) is 18.9. The second-order valence-corrected chi connectivity index (χ2v) is 8.40. The molecule has 0 spiro atoms. The third-order valence-electron chi connectivity index (χ3n) is 6.54. The van der Waals surface area contributed by atoms with Crippen LogP contribution in [0.2, 0.25) is 0 Å². The summed E-state index contributed by atoms with van der Waals surface area (Å²) < 4.78 is 11.2. The van der Waals surface area contributed by atoms with Crippen LogP contribution in [0.4, 0.5) is 11.4 Å². The van der Waals surface area contributed by atoms with Crippen LogP contribution in [0.15, 0.2) is 78.9 Å². The van der Waals surface area contributed by atoms with E-state index in [2.05, 4.69) is 34.9 Å². The molecule has 3 atom stereocenters. The van der Waals surface area contributed by atoms with Gasteiger partial charge < -0.3 is 20.1 Å². The van der Waals surface area contributed by atoms with Crippen molar-refractivity contribution in [2.24, 2.45) is 5.92 Å². The lowest BCUT2D eigenvalue weighted by Gasteiger charge is -2.38. The van der Waals surface area contributed by atoms with Gasteiger partial charge in [0.25, 0.3) is 5.91 Å². The van der Waals surface area contributed by atoms with E-state index in [0.717, 1.165) is 34.9 Å². The standard InChI is InChI=1S/C28H28N2O3/c1-3-33-19-16-14-18(15-17-19)29-28(31)24-12-7-11-22-20-9-6-10-21(20)26(30-27(22)24)23-8-4-5-13-25(23)32-2/h4-9,11-17,20-21,26,30H,3,10H2,1-2H3,(H,29,31). The first-order valence-electron chi connectivity index (χ1n) is 11.4. The first-order chi connectivity index (χ1) is 16.2. The number of hydrogen-bond donors (Lipinski definition) is 2. The van der Waals surface area contributed by atoms with Gasteiger partial charge in [0.1, 0.15) is 11.5 Å². The Morgan fingerprint density at radius 2 is 1.82 bits per heavy atom. The van der Waals surface area contributed by atoms with Gasteiger partial charge >= 0.3 is 0 Å². The number of carbonyl (C=O) groups is 1. The van der Waals surface area contributed by atoms with Gasteiger partial charge in [0, 0.05) is 17.2 Å². The third kappa shape index (κ3) is 3.95. The first-order valence-corrected chi connectivity index (χ1v) is 11.4. The highest BCUT2D eigenvalue weighted by atomic mass is 16.5. The van der Waals surface area contributed by atoms with Crippen molar-refractivity contribution >= 4 is 17.3 Å². The van der Waals surface area contributed by atoms with Crippen molar-refractivity contribution in [1.82, 2.24) is 0 Å². The van der Waals surface area contributed by atoms with E-state index in [0.29, 0.717) is 18.1 Å². The summed E-state index contributed by atoms with van der Waals surface area (Å²) in [5.74, 6) is 2.14. The summed E-state index contributed by atoms with van der Waals surface area (Å²) in [6, 6.07) is 21.6. The molecular formula is C28H28N2O3. The van der Waals surface area contributed by atoms with Gasteiger partial charge in [-0.1, -0.05) is 42.5 Å². The van der Waals surface area contributed by atoms with Crippen LogP contribution >= 0.6 is 0 Å². The number of allylic oxidation sites excluding steroid dienone is 2. The van der Waals surface area contributed by atoms with Crippen molar-refractivity contribution in [1.29, 1.82) is 0 Å². The van der Waals surface area contributed by atoms with Crippen LogP contribution < -0.4 is 20.1 Å². The smallest absolute Gasteiger partial charge is 0.257 e. The van der Waals surface area contributed by atoms with Crippen LogP contribution in [-0.4, -0.2) is 19.6 Å². The minimum atomic E-state index is -0.136. The molecular weight excluding hydrogens is 412 g/mol. The zero-order chi connectivity index (χ0) is 22.8. The fourth-order valence-corrected chi connectivity index (χ4v) is 5.04. The SMILES string of the molecule is CCOc1ccc(NC(=O)c2cccc3c2NC(c2ccccc2OC)C2CC=CC32)cc1. The first kappa shape index (κ1) is 21.1. The molecule has 1 heterocycles. The quantitative estimate of drug-likeness (QED) is 0.450. The number of carbonyl (C=O) groups excluding carboxylic acids is 1. The van der Waals surface area contributed by atoms with Gasteiger partial charge in [-0.15, -0.1) is 0 Å². The van der Waals surface area contributed by atoms with E-state index in [1.807, 2.05) is 61.5 Å². The fraction of sp³-hybridized carbons (Fsp3) is 0.250. The van der Waals surface area contributed by atoms with Crippen LogP contribution in [-0.2, 0) is 0 Å². The van der Waals surface area contributed by atoms with Crippen molar-refractivity contribution in [2.75, 3.05) is 24.4 Å². The minimum Gasteiger partial charge on any atom is -0.496 e. The summed E-state index contributed by atoms with van der Waals surface area (Å²) in [4.78, 5) is 13.3.